The number of aromatic nitrogens is 1. The van der Waals surface area contributed by atoms with Crippen molar-refractivity contribution in [1.82, 2.24) is 4.98 Å². The minimum Gasteiger partial charge on any atom is -0.399 e. The molecule has 1 aromatic carbocycles. The number of hydrogen-bond donors (Lipinski definition) is 2. The number of anilines is 2. The van der Waals surface area contributed by atoms with Gasteiger partial charge < -0.3 is 11.1 Å². The van der Waals surface area contributed by atoms with Crippen molar-refractivity contribution in [2.75, 3.05) is 11.1 Å². The van der Waals surface area contributed by atoms with E-state index < -0.39 is 0 Å². The van der Waals surface area contributed by atoms with Gasteiger partial charge >= 0.3 is 0 Å². The Bertz CT molecular complexity index is 573. The third kappa shape index (κ3) is 3.79. The minimum atomic E-state index is -0.0174. The number of carbonyl (C=O) groups is 1. The topological polar surface area (TPSA) is 68.0 Å². The fraction of sp³-hybridized carbons (Fsp3) is 0.286. The molecule has 0 radical (unpaired) electrons. The third-order valence-electron chi connectivity index (χ3n) is 2.87. The average Bonchev–Trinajstić information content (AvgIpc) is 2.66. The predicted octanol–water partition coefficient (Wildman–Crippen LogP) is 2.91. The van der Waals surface area contributed by atoms with Crippen molar-refractivity contribution < 1.29 is 4.79 Å². The van der Waals surface area contributed by atoms with E-state index in [-0.39, 0.29) is 5.91 Å². The quantitative estimate of drug-likeness (QED) is 0.843. The van der Waals surface area contributed by atoms with E-state index in [0.717, 1.165) is 21.8 Å². The highest BCUT2D eigenvalue weighted by atomic mass is 32.1. The summed E-state index contributed by atoms with van der Waals surface area (Å²) in [4.78, 5) is 17.2. The lowest BCUT2D eigenvalue weighted by Gasteiger charge is -2.03. The number of amides is 1. The zero-order valence-electron chi connectivity index (χ0n) is 11.1. The molecule has 0 unspecified atom stereocenters. The molecule has 0 fully saturated rings. The van der Waals surface area contributed by atoms with Crippen LogP contribution in [-0.4, -0.2) is 10.9 Å². The number of nitrogens with two attached hydrogens (primary N) is 1. The summed E-state index contributed by atoms with van der Waals surface area (Å²) in [6.07, 6.45) is 1.11. The number of nitrogens with one attached hydrogen (secondary N) is 1. The molecule has 0 aliphatic carbocycles. The zero-order valence-corrected chi connectivity index (χ0v) is 11.9. The summed E-state index contributed by atoms with van der Waals surface area (Å²) in [7, 11) is 0. The van der Waals surface area contributed by atoms with Crippen LogP contribution in [0, 0.1) is 13.8 Å². The Balaban J connectivity index is 1.88. The van der Waals surface area contributed by atoms with Gasteiger partial charge in [-0.05, 0) is 38.0 Å². The molecule has 1 aromatic heterocycles. The van der Waals surface area contributed by atoms with E-state index in [4.69, 9.17) is 5.73 Å². The lowest BCUT2D eigenvalue weighted by molar-refractivity contribution is -0.116. The van der Waals surface area contributed by atoms with Crippen molar-refractivity contribution in [3.63, 3.8) is 0 Å². The van der Waals surface area contributed by atoms with Crippen molar-refractivity contribution in [1.29, 1.82) is 0 Å². The molecule has 0 aliphatic heterocycles. The van der Waals surface area contributed by atoms with Crippen molar-refractivity contribution in [3.8, 4) is 0 Å². The first-order chi connectivity index (χ1) is 9.04. The Morgan fingerprint density at radius 2 is 2.21 bits per heavy atom. The lowest BCUT2D eigenvalue weighted by atomic mass is 10.1. The van der Waals surface area contributed by atoms with Crippen molar-refractivity contribution in [3.05, 3.63) is 40.4 Å². The van der Waals surface area contributed by atoms with Crippen LogP contribution < -0.4 is 11.1 Å². The normalized spacial score (nSPS) is 10.4. The van der Waals surface area contributed by atoms with E-state index in [9.17, 15) is 4.79 Å². The number of carbonyl (C=O) groups excluding carboxylic acids is 1. The van der Waals surface area contributed by atoms with Crippen LogP contribution in [0.3, 0.4) is 0 Å². The van der Waals surface area contributed by atoms with Crippen LogP contribution in [0.25, 0.3) is 0 Å². The van der Waals surface area contributed by atoms with Crippen LogP contribution in [0.2, 0.25) is 0 Å². The van der Waals surface area contributed by atoms with E-state index in [0.29, 0.717) is 18.0 Å². The van der Waals surface area contributed by atoms with Gasteiger partial charge in [0.25, 0.3) is 0 Å². The first kappa shape index (κ1) is 13.5. The molecule has 5 heteroatoms. The van der Waals surface area contributed by atoms with Crippen LogP contribution in [-0.2, 0) is 11.2 Å². The van der Waals surface area contributed by atoms with Gasteiger partial charge in [0.1, 0.15) is 0 Å². The largest absolute Gasteiger partial charge is 0.399 e. The highest BCUT2D eigenvalue weighted by Gasteiger charge is 2.08. The molecule has 0 aliphatic rings. The Kier molecular flexibility index (Phi) is 4.16. The number of benzene rings is 1. The maximum absolute atomic E-state index is 11.8. The fourth-order valence-electron chi connectivity index (χ4n) is 1.71. The molecule has 0 saturated carbocycles. The maximum atomic E-state index is 11.8. The molecular formula is C14H17N3OS. The Morgan fingerprint density at radius 1 is 1.42 bits per heavy atom. The van der Waals surface area contributed by atoms with Gasteiger partial charge in [-0.2, -0.15) is 0 Å². The molecule has 1 heterocycles. The number of hydrogen-bond acceptors (Lipinski definition) is 4. The van der Waals surface area contributed by atoms with Gasteiger partial charge in [0, 0.05) is 17.0 Å². The van der Waals surface area contributed by atoms with E-state index in [1.807, 2.05) is 38.1 Å². The molecule has 3 N–H and O–H groups in total. The summed E-state index contributed by atoms with van der Waals surface area (Å²) in [5.41, 5.74) is 8.46. The molecule has 0 atom stereocenters. The maximum Gasteiger partial charge on any atom is 0.226 e. The minimum absolute atomic E-state index is 0.0174. The Labute approximate surface area is 116 Å². The van der Waals surface area contributed by atoms with Crippen LogP contribution in [0.5, 0.6) is 0 Å². The molecule has 1 amide bonds. The molecule has 2 aromatic rings. The van der Waals surface area contributed by atoms with Gasteiger partial charge in [0.15, 0.2) is 5.13 Å². The van der Waals surface area contributed by atoms with E-state index in [1.54, 1.807) is 0 Å². The van der Waals surface area contributed by atoms with Crippen LogP contribution in [0.4, 0.5) is 10.8 Å². The monoisotopic (exact) mass is 275 g/mol. The number of nitrogen functional groups attached to an aromatic ring is 1. The van der Waals surface area contributed by atoms with E-state index in [2.05, 4.69) is 10.3 Å². The van der Waals surface area contributed by atoms with Crippen LogP contribution in [0.1, 0.15) is 22.6 Å². The molecule has 0 spiro atoms. The Morgan fingerprint density at radius 3 is 2.84 bits per heavy atom. The van der Waals surface area contributed by atoms with Crippen molar-refractivity contribution >= 4 is 28.1 Å². The number of aryl methyl sites for hydroxylation is 3. The second-order valence-corrected chi connectivity index (χ2v) is 5.66. The molecular weight excluding hydrogens is 258 g/mol. The number of rotatable bonds is 4. The number of nitrogens with zero attached hydrogens (tertiary/aromatic N) is 1. The van der Waals surface area contributed by atoms with Gasteiger partial charge in [-0.1, -0.05) is 12.1 Å². The molecule has 4 nitrogen and oxygen atoms in total. The summed E-state index contributed by atoms with van der Waals surface area (Å²) >= 11 is 1.50. The highest BCUT2D eigenvalue weighted by Crippen LogP contribution is 2.21. The third-order valence-corrected chi connectivity index (χ3v) is 3.85. The lowest BCUT2D eigenvalue weighted by Crippen LogP contribution is -2.12. The van der Waals surface area contributed by atoms with Gasteiger partial charge in [-0.15, -0.1) is 11.3 Å². The van der Waals surface area contributed by atoms with Crippen LogP contribution >= 0.6 is 11.3 Å². The smallest absolute Gasteiger partial charge is 0.226 e. The second-order valence-electron chi connectivity index (χ2n) is 4.45. The zero-order chi connectivity index (χ0) is 13.8. The van der Waals surface area contributed by atoms with Gasteiger partial charge in [0.2, 0.25) is 5.91 Å². The summed E-state index contributed by atoms with van der Waals surface area (Å²) in [6.45, 7) is 3.93. The van der Waals surface area contributed by atoms with Crippen molar-refractivity contribution in [2.24, 2.45) is 0 Å². The standard InChI is InChI=1S/C14H17N3OS/c1-9-10(2)19-14(16-9)17-13(18)7-6-11-4-3-5-12(15)8-11/h3-5,8H,6-7,15H2,1-2H3,(H,16,17,18). The van der Waals surface area contributed by atoms with Gasteiger partial charge in [-0.25, -0.2) is 4.98 Å². The fourth-order valence-corrected chi connectivity index (χ4v) is 2.55. The highest BCUT2D eigenvalue weighted by molar-refractivity contribution is 7.15. The SMILES string of the molecule is Cc1nc(NC(=O)CCc2cccc(N)c2)sc1C. The second kappa shape index (κ2) is 5.84. The molecule has 19 heavy (non-hydrogen) atoms. The van der Waals surface area contributed by atoms with E-state index >= 15 is 0 Å². The summed E-state index contributed by atoms with van der Waals surface area (Å²) in [5, 5.41) is 3.50. The van der Waals surface area contributed by atoms with Gasteiger partial charge in [0.05, 0.1) is 5.69 Å². The first-order valence-corrected chi connectivity index (χ1v) is 6.94. The van der Waals surface area contributed by atoms with Crippen LogP contribution in [0.15, 0.2) is 24.3 Å². The molecule has 0 bridgehead atoms. The molecule has 0 saturated heterocycles. The average molecular weight is 275 g/mol. The van der Waals surface area contributed by atoms with Crippen molar-refractivity contribution in [2.45, 2.75) is 26.7 Å². The summed E-state index contributed by atoms with van der Waals surface area (Å²) in [5.74, 6) is -0.0174. The molecule has 2 rings (SSSR count). The summed E-state index contributed by atoms with van der Waals surface area (Å²) < 4.78 is 0. The predicted molar refractivity (Wildman–Crippen MR) is 79.4 cm³/mol. The Hall–Kier alpha value is -1.88. The van der Waals surface area contributed by atoms with Gasteiger partial charge in [-0.3, -0.25) is 4.79 Å². The number of thiazole rings is 1. The summed E-state index contributed by atoms with van der Waals surface area (Å²) in [6, 6.07) is 7.60. The first-order valence-electron chi connectivity index (χ1n) is 6.13. The molecule has 100 valence electrons. The van der Waals surface area contributed by atoms with E-state index in [1.165, 1.54) is 11.3 Å².